The smallest absolute Gasteiger partial charge is 0.0703 e. The van der Waals surface area contributed by atoms with Crippen LogP contribution in [0.4, 0.5) is 11.4 Å². The van der Waals surface area contributed by atoms with Gasteiger partial charge in [-0.3, -0.25) is 4.98 Å². The number of aromatic nitrogens is 1. The lowest BCUT2D eigenvalue weighted by molar-refractivity contribution is 0.282. The van der Waals surface area contributed by atoms with Crippen LogP contribution < -0.4 is 4.90 Å². The van der Waals surface area contributed by atoms with E-state index in [1.54, 1.807) is 12.4 Å². The van der Waals surface area contributed by atoms with Gasteiger partial charge in [-0.05, 0) is 37.6 Å². The first-order valence-electron chi connectivity index (χ1n) is 6.14. The number of aliphatic hydroxyl groups excluding tert-OH is 1. The maximum atomic E-state index is 9.41. The van der Waals surface area contributed by atoms with Crippen molar-refractivity contribution in [1.82, 2.24) is 4.98 Å². The summed E-state index contributed by atoms with van der Waals surface area (Å²) in [5, 5.41) is 9.41. The third kappa shape index (κ3) is 2.51. The van der Waals surface area contributed by atoms with Crippen molar-refractivity contribution in [2.24, 2.45) is 0 Å². The molecule has 0 aliphatic heterocycles. The highest BCUT2D eigenvalue weighted by Gasteiger charge is 2.11. The average molecular weight is 242 g/mol. The minimum Gasteiger partial charge on any atom is -0.392 e. The van der Waals surface area contributed by atoms with Gasteiger partial charge in [0.15, 0.2) is 0 Å². The van der Waals surface area contributed by atoms with Crippen LogP contribution in [0.15, 0.2) is 42.7 Å². The first-order valence-corrected chi connectivity index (χ1v) is 6.14. The standard InChI is InChI=1S/C15H18N2O/c1-3-17(14-6-4-5-12(2)9-14)15-10-16-8-7-13(15)11-18/h4-10,18H,3,11H2,1-2H3. The summed E-state index contributed by atoms with van der Waals surface area (Å²) in [6.45, 7) is 5.03. The largest absolute Gasteiger partial charge is 0.392 e. The fraction of sp³-hybridized carbons (Fsp3) is 0.267. The Hall–Kier alpha value is -1.87. The van der Waals surface area contributed by atoms with E-state index in [1.165, 1.54) is 5.56 Å². The Balaban J connectivity index is 2.45. The van der Waals surface area contributed by atoms with Crippen molar-refractivity contribution in [3.63, 3.8) is 0 Å². The number of nitrogens with zero attached hydrogens (tertiary/aromatic N) is 2. The van der Waals surface area contributed by atoms with E-state index in [9.17, 15) is 5.11 Å². The van der Waals surface area contributed by atoms with Crippen molar-refractivity contribution >= 4 is 11.4 Å². The van der Waals surface area contributed by atoms with E-state index < -0.39 is 0 Å². The lowest BCUT2D eigenvalue weighted by Gasteiger charge is -2.25. The molecule has 1 aromatic heterocycles. The van der Waals surface area contributed by atoms with Gasteiger partial charge >= 0.3 is 0 Å². The summed E-state index contributed by atoms with van der Waals surface area (Å²) in [5.41, 5.74) is 4.21. The number of hydrogen-bond donors (Lipinski definition) is 1. The molecule has 0 spiro atoms. The first-order chi connectivity index (χ1) is 8.76. The van der Waals surface area contributed by atoms with Gasteiger partial charge in [-0.15, -0.1) is 0 Å². The monoisotopic (exact) mass is 242 g/mol. The number of aryl methyl sites for hydroxylation is 1. The van der Waals surface area contributed by atoms with Gasteiger partial charge in [0.1, 0.15) is 0 Å². The number of pyridine rings is 1. The zero-order valence-corrected chi connectivity index (χ0v) is 10.8. The maximum Gasteiger partial charge on any atom is 0.0703 e. The van der Waals surface area contributed by atoms with Gasteiger partial charge in [-0.25, -0.2) is 0 Å². The average Bonchev–Trinajstić information content (AvgIpc) is 2.40. The van der Waals surface area contributed by atoms with Gasteiger partial charge in [0.25, 0.3) is 0 Å². The molecule has 18 heavy (non-hydrogen) atoms. The molecule has 0 saturated carbocycles. The molecule has 0 unspecified atom stereocenters. The summed E-state index contributed by atoms with van der Waals surface area (Å²) in [4.78, 5) is 6.32. The van der Waals surface area contributed by atoms with E-state index >= 15 is 0 Å². The molecule has 0 aliphatic rings. The Morgan fingerprint density at radius 3 is 2.78 bits per heavy atom. The fourth-order valence-corrected chi connectivity index (χ4v) is 2.08. The molecule has 0 radical (unpaired) electrons. The molecule has 2 aromatic rings. The van der Waals surface area contributed by atoms with Gasteiger partial charge in [0, 0.05) is 24.0 Å². The Morgan fingerprint density at radius 1 is 1.28 bits per heavy atom. The predicted octanol–water partition coefficient (Wildman–Crippen LogP) is 3.04. The molecule has 0 saturated heterocycles. The molecule has 3 nitrogen and oxygen atoms in total. The maximum absolute atomic E-state index is 9.41. The third-order valence-electron chi connectivity index (χ3n) is 2.98. The summed E-state index contributed by atoms with van der Waals surface area (Å²) in [7, 11) is 0. The molecule has 2 rings (SSSR count). The topological polar surface area (TPSA) is 36.4 Å². The van der Waals surface area contributed by atoms with E-state index in [4.69, 9.17) is 0 Å². The van der Waals surface area contributed by atoms with Gasteiger partial charge in [-0.2, -0.15) is 0 Å². The number of benzene rings is 1. The van der Waals surface area contributed by atoms with Crippen molar-refractivity contribution in [2.75, 3.05) is 11.4 Å². The second-order valence-corrected chi connectivity index (χ2v) is 4.25. The van der Waals surface area contributed by atoms with Crippen LogP contribution in [-0.2, 0) is 6.61 Å². The van der Waals surface area contributed by atoms with E-state index in [2.05, 4.69) is 41.9 Å². The molecule has 0 fully saturated rings. The van der Waals surface area contributed by atoms with Crippen LogP contribution in [-0.4, -0.2) is 16.6 Å². The normalized spacial score (nSPS) is 10.4. The summed E-state index contributed by atoms with van der Waals surface area (Å²) < 4.78 is 0. The van der Waals surface area contributed by atoms with Crippen LogP contribution in [0.25, 0.3) is 0 Å². The molecule has 0 atom stereocenters. The lowest BCUT2D eigenvalue weighted by Crippen LogP contribution is -2.18. The molecule has 0 bridgehead atoms. The van der Waals surface area contributed by atoms with Gasteiger partial charge in [0.2, 0.25) is 0 Å². The molecule has 1 heterocycles. The molecule has 0 aliphatic carbocycles. The fourth-order valence-electron chi connectivity index (χ4n) is 2.08. The molecular weight excluding hydrogens is 224 g/mol. The van der Waals surface area contributed by atoms with Crippen LogP contribution >= 0.6 is 0 Å². The molecule has 0 amide bonds. The highest BCUT2D eigenvalue weighted by atomic mass is 16.3. The Morgan fingerprint density at radius 2 is 2.11 bits per heavy atom. The van der Waals surface area contributed by atoms with Crippen LogP contribution in [0, 0.1) is 6.92 Å². The lowest BCUT2D eigenvalue weighted by atomic mass is 10.1. The van der Waals surface area contributed by atoms with Gasteiger partial charge in [-0.1, -0.05) is 12.1 Å². The first kappa shape index (κ1) is 12.6. The predicted molar refractivity (Wildman–Crippen MR) is 74.0 cm³/mol. The van der Waals surface area contributed by atoms with Crippen molar-refractivity contribution in [3.05, 3.63) is 53.9 Å². The van der Waals surface area contributed by atoms with E-state index in [-0.39, 0.29) is 6.61 Å². The second-order valence-electron chi connectivity index (χ2n) is 4.25. The van der Waals surface area contributed by atoms with Crippen molar-refractivity contribution < 1.29 is 5.11 Å². The zero-order valence-electron chi connectivity index (χ0n) is 10.8. The summed E-state index contributed by atoms with van der Waals surface area (Å²) in [5.74, 6) is 0. The summed E-state index contributed by atoms with van der Waals surface area (Å²) in [6.07, 6.45) is 3.51. The minimum atomic E-state index is 0.0279. The molecule has 3 heteroatoms. The van der Waals surface area contributed by atoms with Gasteiger partial charge < -0.3 is 10.0 Å². The number of rotatable bonds is 4. The van der Waals surface area contributed by atoms with Crippen LogP contribution in [0.2, 0.25) is 0 Å². The Bertz CT molecular complexity index is 525. The van der Waals surface area contributed by atoms with Crippen molar-refractivity contribution in [1.29, 1.82) is 0 Å². The van der Waals surface area contributed by atoms with E-state index in [0.717, 1.165) is 23.5 Å². The van der Waals surface area contributed by atoms with Gasteiger partial charge in [0.05, 0.1) is 18.5 Å². The van der Waals surface area contributed by atoms with Crippen molar-refractivity contribution in [3.8, 4) is 0 Å². The quantitative estimate of drug-likeness (QED) is 0.895. The highest BCUT2D eigenvalue weighted by Crippen LogP contribution is 2.28. The number of hydrogen-bond acceptors (Lipinski definition) is 3. The molecule has 94 valence electrons. The number of anilines is 2. The van der Waals surface area contributed by atoms with Crippen LogP contribution in [0.1, 0.15) is 18.1 Å². The zero-order chi connectivity index (χ0) is 13.0. The Labute approximate surface area is 108 Å². The van der Waals surface area contributed by atoms with Crippen molar-refractivity contribution in [2.45, 2.75) is 20.5 Å². The number of aliphatic hydroxyl groups is 1. The summed E-state index contributed by atoms with van der Waals surface area (Å²) in [6, 6.07) is 10.2. The van der Waals surface area contributed by atoms with Crippen LogP contribution in [0.5, 0.6) is 0 Å². The van der Waals surface area contributed by atoms with Crippen LogP contribution in [0.3, 0.4) is 0 Å². The molecular formula is C15H18N2O. The molecule has 1 N–H and O–H groups in total. The SMILES string of the molecule is CCN(c1cccc(C)c1)c1cnccc1CO. The third-order valence-corrected chi connectivity index (χ3v) is 2.98. The highest BCUT2D eigenvalue weighted by molar-refractivity contribution is 5.65. The molecule has 1 aromatic carbocycles. The minimum absolute atomic E-state index is 0.0279. The van der Waals surface area contributed by atoms with E-state index in [0.29, 0.717) is 0 Å². The summed E-state index contributed by atoms with van der Waals surface area (Å²) >= 11 is 0. The Kier molecular flexibility index (Phi) is 3.95. The van der Waals surface area contributed by atoms with E-state index in [1.807, 2.05) is 12.1 Å². The second kappa shape index (κ2) is 5.65.